The molecule has 2 aromatic rings. The first kappa shape index (κ1) is 20.9. The van der Waals surface area contributed by atoms with Crippen molar-refractivity contribution in [3.8, 4) is 5.75 Å². The van der Waals surface area contributed by atoms with E-state index in [1.54, 1.807) is 44.2 Å². The van der Waals surface area contributed by atoms with Gasteiger partial charge in [-0.3, -0.25) is 9.52 Å². The number of rotatable bonds is 6. The maximum Gasteiger partial charge on any atom is 0.236 e. The standard InChI is InChI=1S/C21H23FN2O4S/c1-4-10-24-18-12-17(8-9-19(18)28-14-21(2,3)20(24)25)23-29(26,27)13-15-6-5-7-16(22)11-15/h4-9,11-12,23H,1,10,13-14H2,2-3H3. The number of hydrogen-bond donors (Lipinski definition) is 1. The quantitative estimate of drug-likeness (QED) is 0.726. The van der Waals surface area contributed by atoms with Crippen molar-refractivity contribution < 1.29 is 22.3 Å². The van der Waals surface area contributed by atoms with Gasteiger partial charge in [0.05, 0.1) is 22.5 Å². The number of amides is 1. The van der Waals surface area contributed by atoms with Gasteiger partial charge in [-0.2, -0.15) is 0 Å². The monoisotopic (exact) mass is 418 g/mol. The van der Waals surface area contributed by atoms with E-state index in [1.807, 2.05) is 0 Å². The van der Waals surface area contributed by atoms with Gasteiger partial charge in [-0.05, 0) is 49.7 Å². The minimum atomic E-state index is -3.79. The van der Waals surface area contributed by atoms with Gasteiger partial charge in [-0.25, -0.2) is 12.8 Å². The third kappa shape index (κ3) is 4.76. The maximum atomic E-state index is 13.3. The molecule has 1 aliphatic rings. The maximum absolute atomic E-state index is 13.3. The number of sulfonamides is 1. The van der Waals surface area contributed by atoms with E-state index in [-0.39, 0.29) is 30.5 Å². The second kappa shape index (κ2) is 7.87. The lowest BCUT2D eigenvalue weighted by Gasteiger charge is -2.27. The highest BCUT2D eigenvalue weighted by atomic mass is 32.2. The van der Waals surface area contributed by atoms with E-state index in [2.05, 4.69) is 11.3 Å². The molecule has 29 heavy (non-hydrogen) atoms. The summed E-state index contributed by atoms with van der Waals surface area (Å²) in [5.41, 5.74) is 0.344. The molecule has 1 aliphatic heterocycles. The molecule has 0 saturated carbocycles. The van der Waals surface area contributed by atoms with E-state index >= 15 is 0 Å². The first-order valence-electron chi connectivity index (χ1n) is 9.06. The van der Waals surface area contributed by atoms with Crippen molar-refractivity contribution in [1.29, 1.82) is 0 Å². The van der Waals surface area contributed by atoms with Crippen LogP contribution in [0.2, 0.25) is 0 Å². The highest BCUT2D eigenvalue weighted by molar-refractivity contribution is 7.91. The smallest absolute Gasteiger partial charge is 0.236 e. The van der Waals surface area contributed by atoms with Crippen LogP contribution in [0.5, 0.6) is 5.75 Å². The fraction of sp³-hybridized carbons (Fsp3) is 0.286. The molecule has 0 saturated heterocycles. The minimum Gasteiger partial charge on any atom is -0.490 e. The molecular formula is C21H23FN2O4S. The fourth-order valence-electron chi connectivity index (χ4n) is 3.08. The molecule has 6 nitrogen and oxygen atoms in total. The molecule has 0 radical (unpaired) electrons. The molecule has 8 heteroatoms. The number of carbonyl (C=O) groups excluding carboxylic acids is 1. The Morgan fingerprint density at radius 3 is 2.72 bits per heavy atom. The van der Waals surface area contributed by atoms with Gasteiger partial charge >= 0.3 is 0 Å². The average molecular weight is 418 g/mol. The molecule has 0 fully saturated rings. The lowest BCUT2D eigenvalue weighted by molar-refractivity contribution is -0.127. The highest BCUT2D eigenvalue weighted by Crippen LogP contribution is 2.38. The molecule has 0 aromatic heterocycles. The van der Waals surface area contributed by atoms with Crippen LogP contribution in [0.15, 0.2) is 55.1 Å². The Labute approximate surface area is 170 Å². The van der Waals surface area contributed by atoms with Crippen molar-refractivity contribution in [2.24, 2.45) is 5.41 Å². The molecule has 0 unspecified atom stereocenters. The number of fused-ring (bicyclic) bond motifs is 1. The summed E-state index contributed by atoms with van der Waals surface area (Å²) in [6, 6.07) is 10.2. The lowest BCUT2D eigenvalue weighted by Crippen LogP contribution is -2.42. The number of nitrogens with zero attached hydrogens (tertiary/aromatic N) is 1. The topological polar surface area (TPSA) is 75.7 Å². The summed E-state index contributed by atoms with van der Waals surface area (Å²) in [6.07, 6.45) is 1.60. The van der Waals surface area contributed by atoms with Crippen LogP contribution in [-0.4, -0.2) is 27.5 Å². The summed E-state index contributed by atoms with van der Waals surface area (Å²) in [5.74, 6) is -0.531. The van der Waals surface area contributed by atoms with Crippen molar-refractivity contribution in [3.63, 3.8) is 0 Å². The fourth-order valence-corrected chi connectivity index (χ4v) is 4.26. The molecule has 1 amide bonds. The van der Waals surface area contributed by atoms with Gasteiger partial charge < -0.3 is 9.64 Å². The van der Waals surface area contributed by atoms with Crippen molar-refractivity contribution in [1.82, 2.24) is 0 Å². The zero-order valence-corrected chi connectivity index (χ0v) is 17.1. The van der Waals surface area contributed by atoms with Crippen molar-refractivity contribution >= 4 is 27.3 Å². The van der Waals surface area contributed by atoms with Crippen LogP contribution in [-0.2, 0) is 20.6 Å². The van der Waals surface area contributed by atoms with Crippen LogP contribution in [0.4, 0.5) is 15.8 Å². The second-order valence-electron chi connectivity index (χ2n) is 7.55. The molecule has 0 atom stereocenters. The number of ether oxygens (including phenoxy) is 1. The number of anilines is 2. The Morgan fingerprint density at radius 1 is 1.28 bits per heavy atom. The number of carbonyl (C=O) groups is 1. The second-order valence-corrected chi connectivity index (χ2v) is 9.27. The van der Waals surface area contributed by atoms with E-state index < -0.39 is 21.3 Å². The molecule has 0 aliphatic carbocycles. The van der Waals surface area contributed by atoms with Crippen LogP contribution in [0.25, 0.3) is 0 Å². The van der Waals surface area contributed by atoms with Crippen LogP contribution >= 0.6 is 0 Å². The third-order valence-corrected chi connectivity index (χ3v) is 5.75. The van der Waals surface area contributed by atoms with Crippen LogP contribution in [0, 0.1) is 11.2 Å². The molecular weight excluding hydrogens is 395 g/mol. The summed E-state index contributed by atoms with van der Waals surface area (Å²) in [4.78, 5) is 14.4. The zero-order valence-electron chi connectivity index (χ0n) is 16.3. The van der Waals surface area contributed by atoms with Gasteiger partial charge in [0.15, 0.2) is 0 Å². The van der Waals surface area contributed by atoms with Gasteiger partial charge in [0.25, 0.3) is 0 Å². The molecule has 154 valence electrons. The van der Waals surface area contributed by atoms with Gasteiger partial charge in [0.1, 0.15) is 18.2 Å². The lowest BCUT2D eigenvalue weighted by atomic mass is 9.93. The van der Waals surface area contributed by atoms with Crippen molar-refractivity contribution in [2.45, 2.75) is 19.6 Å². The first-order chi connectivity index (χ1) is 13.6. The van der Waals surface area contributed by atoms with E-state index in [0.717, 1.165) is 0 Å². The molecule has 0 spiro atoms. The highest BCUT2D eigenvalue weighted by Gasteiger charge is 2.37. The third-order valence-electron chi connectivity index (χ3n) is 4.49. The Morgan fingerprint density at radius 2 is 2.03 bits per heavy atom. The number of halogens is 1. The Bertz CT molecular complexity index is 1050. The Hall–Kier alpha value is -2.87. The van der Waals surface area contributed by atoms with Gasteiger partial charge in [-0.1, -0.05) is 18.2 Å². The van der Waals surface area contributed by atoms with Crippen molar-refractivity contribution in [3.05, 3.63) is 66.5 Å². The van der Waals surface area contributed by atoms with Crippen LogP contribution in [0.1, 0.15) is 19.4 Å². The van der Waals surface area contributed by atoms with E-state index in [1.165, 1.54) is 23.1 Å². The van der Waals surface area contributed by atoms with Gasteiger partial charge in [0, 0.05) is 6.54 Å². The first-order valence-corrected chi connectivity index (χ1v) is 10.7. The largest absolute Gasteiger partial charge is 0.490 e. The minimum absolute atomic E-state index is 0.143. The van der Waals surface area contributed by atoms with E-state index in [0.29, 0.717) is 17.0 Å². The Balaban J connectivity index is 1.90. The molecule has 0 bridgehead atoms. The van der Waals surface area contributed by atoms with Crippen molar-refractivity contribution in [2.75, 3.05) is 22.8 Å². The van der Waals surface area contributed by atoms with Gasteiger partial charge in [0.2, 0.25) is 15.9 Å². The zero-order chi connectivity index (χ0) is 21.2. The predicted molar refractivity (Wildman–Crippen MR) is 111 cm³/mol. The molecule has 2 aromatic carbocycles. The van der Waals surface area contributed by atoms with Gasteiger partial charge in [-0.15, -0.1) is 6.58 Å². The molecule has 1 N–H and O–H groups in total. The predicted octanol–water partition coefficient (Wildman–Crippen LogP) is 3.71. The SMILES string of the molecule is C=CCN1C(=O)C(C)(C)COc2ccc(NS(=O)(=O)Cc3cccc(F)c3)cc21. The molecule has 3 rings (SSSR count). The summed E-state index contributed by atoms with van der Waals surface area (Å²) >= 11 is 0. The number of hydrogen-bond acceptors (Lipinski definition) is 4. The van der Waals surface area contributed by atoms with Crippen LogP contribution < -0.4 is 14.4 Å². The molecule has 1 heterocycles. The average Bonchev–Trinajstić information content (AvgIpc) is 2.71. The normalized spacial score (nSPS) is 15.8. The number of nitrogens with one attached hydrogen (secondary N) is 1. The van der Waals surface area contributed by atoms with E-state index in [9.17, 15) is 17.6 Å². The summed E-state index contributed by atoms with van der Waals surface area (Å²) in [6.45, 7) is 7.75. The summed E-state index contributed by atoms with van der Waals surface area (Å²) in [5, 5.41) is 0. The Kier molecular flexibility index (Phi) is 5.66. The van der Waals surface area contributed by atoms with Crippen LogP contribution in [0.3, 0.4) is 0 Å². The number of benzene rings is 2. The van der Waals surface area contributed by atoms with E-state index in [4.69, 9.17) is 4.74 Å². The summed E-state index contributed by atoms with van der Waals surface area (Å²) < 4.78 is 46.7. The summed E-state index contributed by atoms with van der Waals surface area (Å²) in [7, 11) is -3.79.